The van der Waals surface area contributed by atoms with Crippen LogP contribution in [-0.2, 0) is 4.79 Å². The lowest BCUT2D eigenvalue weighted by molar-refractivity contribution is -0.116. The average molecular weight is 162 g/mol. The van der Waals surface area contributed by atoms with E-state index in [1.807, 2.05) is 0 Å². The third-order valence-corrected chi connectivity index (χ3v) is 1.28. The Hall–Kier alpha value is -0.450. The van der Waals surface area contributed by atoms with E-state index in [0.717, 1.165) is 0 Å². The molecule has 3 N–H and O–H groups in total. The molecule has 0 saturated carbocycles. The Kier molecular flexibility index (Phi) is 5.02. The van der Waals surface area contributed by atoms with Crippen LogP contribution in [0.5, 0.6) is 0 Å². The molecule has 3 atom stereocenters. The summed E-state index contributed by atoms with van der Waals surface area (Å²) in [5.41, 5.74) is 0. The molecular weight excluding hydrogens is 148 g/mol. The van der Waals surface area contributed by atoms with E-state index in [-0.39, 0.29) is 12.8 Å². The van der Waals surface area contributed by atoms with Gasteiger partial charge in [-0.25, -0.2) is 0 Å². The second-order valence-corrected chi connectivity index (χ2v) is 2.68. The molecule has 0 rings (SSSR count). The van der Waals surface area contributed by atoms with Gasteiger partial charge in [0, 0.05) is 6.42 Å². The molecule has 66 valence electrons. The Bertz CT molecular complexity index is 113. The number of aldehydes is 1. The molecule has 11 heavy (non-hydrogen) atoms. The largest absolute Gasteiger partial charge is 0.393 e. The molecule has 0 heterocycles. The van der Waals surface area contributed by atoms with Gasteiger partial charge in [0.1, 0.15) is 12.4 Å². The van der Waals surface area contributed by atoms with Crippen molar-refractivity contribution in [3.63, 3.8) is 0 Å². The second-order valence-electron chi connectivity index (χ2n) is 2.68. The van der Waals surface area contributed by atoms with Crippen molar-refractivity contribution in [2.75, 3.05) is 0 Å². The van der Waals surface area contributed by atoms with Gasteiger partial charge in [-0.1, -0.05) is 0 Å². The first-order valence-electron chi connectivity index (χ1n) is 3.55. The van der Waals surface area contributed by atoms with E-state index in [0.29, 0.717) is 6.29 Å². The number of carbonyl (C=O) groups excluding carboxylic acids is 1. The Morgan fingerprint density at radius 1 is 1.27 bits per heavy atom. The fraction of sp³-hybridized carbons (Fsp3) is 0.857. The quantitative estimate of drug-likeness (QED) is 0.456. The first-order chi connectivity index (χ1) is 5.06. The van der Waals surface area contributed by atoms with Gasteiger partial charge in [0.25, 0.3) is 0 Å². The summed E-state index contributed by atoms with van der Waals surface area (Å²) < 4.78 is 0. The molecule has 4 nitrogen and oxygen atoms in total. The highest BCUT2D eigenvalue weighted by molar-refractivity contribution is 5.55. The van der Waals surface area contributed by atoms with Crippen LogP contribution < -0.4 is 0 Å². The van der Waals surface area contributed by atoms with Gasteiger partial charge in [-0.2, -0.15) is 0 Å². The Balaban J connectivity index is 3.51. The number of aliphatic hydroxyl groups excluding tert-OH is 3. The summed E-state index contributed by atoms with van der Waals surface area (Å²) in [5, 5.41) is 26.6. The maximum absolute atomic E-state index is 9.90. The monoisotopic (exact) mass is 162 g/mol. The van der Waals surface area contributed by atoms with Crippen LogP contribution in [-0.4, -0.2) is 39.9 Å². The number of rotatable bonds is 5. The first kappa shape index (κ1) is 10.6. The van der Waals surface area contributed by atoms with Crippen molar-refractivity contribution >= 4 is 6.29 Å². The van der Waals surface area contributed by atoms with Gasteiger partial charge >= 0.3 is 0 Å². The highest BCUT2D eigenvalue weighted by atomic mass is 16.3. The lowest BCUT2D eigenvalue weighted by Crippen LogP contribution is -2.22. The van der Waals surface area contributed by atoms with Gasteiger partial charge in [0.2, 0.25) is 0 Å². The van der Waals surface area contributed by atoms with E-state index in [1.165, 1.54) is 6.92 Å². The highest BCUT2D eigenvalue weighted by Gasteiger charge is 2.12. The Morgan fingerprint density at radius 2 is 1.82 bits per heavy atom. The lowest BCUT2D eigenvalue weighted by Gasteiger charge is -2.12. The summed E-state index contributed by atoms with van der Waals surface area (Å²) in [4.78, 5) is 9.90. The highest BCUT2D eigenvalue weighted by Crippen LogP contribution is 2.03. The van der Waals surface area contributed by atoms with Crippen molar-refractivity contribution in [2.45, 2.75) is 38.1 Å². The minimum atomic E-state index is -1.12. The van der Waals surface area contributed by atoms with Gasteiger partial charge in [-0.3, -0.25) is 0 Å². The lowest BCUT2D eigenvalue weighted by atomic mass is 10.1. The summed E-state index contributed by atoms with van der Waals surface area (Å²) in [7, 11) is 0. The van der Waals surface area contributed by atoms with Crippen molar-refractivity contribution < 1.29 is 20.1 Å². The molecule has 0 aromatic heterocycles. The predicted octanol–water partition coefficient (Wildman–Crippen LogP) is -0.932. The van der Waals surface area contributed by atoms with E-state index >= 15 is 0 Å². The van der Waals surface area contributed by atoms with Crippen LogP contribution in [0, 0.1) is 0 Å². The first-order valence-corrected chi connectivity index (χ1v) is 3.55. The smallest absolute Gasteiger partial charge is 0.148 e. The van der Waals surface area contributed by atoms with Gasteiger partial charge in [0.05, 0.1) is 12.2 Å². The standard InChI is InChI=1S/C7H14O4/c1-5(9)2-6(10)3-7(11)4-8/h4-7,9-11H,2-3H2,1H3. The SMILES string of the molecule is CC(O)CC(O)CC(O)C=O. The van der Waals surface area contributed by atoms with E-state index in [9.17, 15) is 4.79 Å². The molecule has 0 bridgehead atoms. The maximum atomic E-state index is 9.90. The fourth-order valence-electron chi connectivity index (χ4n) is 0.824. The van der Waals surface area contributed by atoms with E-state index in [4.69, 9.17) is 15.3 Å². The molecule has 0 aliphatic carbocycles. The minimum Gasteiger partial charge on any atom is -0.393 e. The fourth-order valence-corrected chi connectivity index (χ4v) is 0.824. The zero-order valence-electron chi connectivity index (χ0n) is 6.47. The molecule has 0 aliphatic rings. The number of hydrogen-bond donors (Lipinski definition) is 3. The molecule has 4 heteroatoms. The molecule has 0 aromatic rings. The minimum absolute atomic E-state index is 0.00556. The van der Waals surface area contributed by atoms with Crippen molar-refractivity contribution in [2.24, 2.45) is 0 Å². The summed E-state index contributed by atoms with van der Waals surface area (Å²) in [6, 6.07) is 0. The molecule has 0 aromatic carbocycles. The molecule has 0 radical (unpaired) electrons. The van der Waals surface area contributed by atoms with Crippen LogP contribution in [0.25, 0.3) is 0 Å². The second kappa shape index (κ2) is 5.23. The maximum Gasteiger partial charge on any atom is 0.148 e. The third kappa shape index (κ3) is 5.97. The van der Waals surface area contributed by atoms with Crippen LogP contribution in [0.4, 0.5) is 0 Å². The Labute approximate surface area is 65.5 Å². The Morgan fingerprint density at radius 3 is 2.18 bits per heavy atom. The van der Waals surface area contributed by atoms with Crippen LogP contribution in [0.3, 0.4) is 0 Å². The topological polar surface area (TPSA) is 77.8 Å². The molecule has 0 saturated heterocycles. The van der Waals surface area contributed by atoms with Gasteiger partial charge < -0.3 is 20.1 Å². The number of carbonyl (C=O) groups is 1. The van der Waals surface area contributed by atoms with Crippen molar-refractivity contribution in [1.82, 2.24) is 0 Å². The molecule has 0 fully saturated rings. The average Bonchev–Trinajstić information content (AvgIpc) is 1.85. The van der Waals surface area contributed by atoms with Crippen LogP contribution >= 0.6 is 0 Å². The summed E-state index contributed by atoms with van der Waals surface area (Å²) in [6.45, 7) is 1.54. The zero-order valence-corrected chi connectivity index (χ0v) is 6.47. The van der Waals surface area contributed by atoms with Crippen LogP contribution in [0.2, 0.25) is 0 Å². The van der Waals surface area contributed by atoms with E-state index < -0.39 is 18.3 Å². The van der Waals surface area contributed by atoms with Crippen LogP contribution in [0.15, 0.2) is 0 Å². The zero-order chi connectivity index (χ0) is 8.85. The van der Waals surface area contributed by atoms with E-state index in [2.05, 4.69) is 0 Å². The molecule has 0 aliphatic heterocycles. The molecule has 3 unspecified atom stereocenters. The van der Waals surface area contributed by atoms with Gasteiger partial charge in [0.15, 0.2) is 0 Å². The third-order valence-electron chi connectivity index (χ3n) is 1.28. The molecule has 0 spiro atoms. The van der Waals surface area contributed by atoms with Crippen LogP contribution in [0.1, 0.15) is 19.8 Å². The van der Waals surface area contributed by atoms with Gasteiger partial charge in [-0.15, -0.1) is 0 Å². The number of aliphatic hydroxyl groups is 3. The predicted molar refractivity (Wildman–Crippen MR) is 39.0 cm³/mol. The molecule has 0 amide bonds. The van der Waals surface area contributed by atoms with Crippen molar-refractivity contribution in [3.05, 3.63) is 0 Å². The normalized spacial score (nSPS) is 18.9. The summed E-state index contributed by atoms with van der Waals surface area (Å²) in [6.07, 6.45) is -1.99. The summed E-state index contributed by atoms with van der Waals surface area (Å²) in [5.74, 6) is 0. The van der Waals surface area contributed by atoms with Crippen molar-refractivity contribution in [1.29, 1.82) is 0 Å². The van der Waals surface area contributed by atoms with Crippen molar-refractivity contribution in [3.8, 4) is 0 Å². The number of hydrogen-bond acceptors (Lipinski definition) is 4. The molecular formula is C7H14O4. The summed E-state index contributed by atoms with van der Waals surface area (Å²) >= 11 is 0. The van der Waals surface area contributed by atoms with Gasteiger partial charge in [-0.05, 0) is 13.3 Å². The van der Waals surface area contributed by atoms with E-state index in [1.54, 1.807) is 0 Å².